The first-order chi connectivity index (χ1) is 16.1. The van der Waals surface area contributed by atoms with Gasteiger partial charge < -0.3 is 24.8 Å². The monoisotopic (exact) mass is 449 g/mol. The Labute approximate surface area is 193 Å². The van der Waals surface area contributed by atoms with Crippen molar-refractivity contribution < 1.29 is 19.4 Å². The van der Waals surface area contributed by atoms with Crippen LogP contribution >= 0.6 is 0 Å². The van der Waals surface area contributed by atoms with E-state index in [4.69, 9.17) is 9.52 Å². The number of fused-ring (bicyclic) bond motifs is 4. The fraction of sp³-hybridized carbons (Fsp3) is 0.423. The third-order valence-electron chi connectivity index (χ3n) is 6.93. The van der Waals surface area contributed by atoms with Crippen molar-refractivity contribution in [1.82, 2.24) is 15.5 Å². The molecule has 4 heterocycles. The molecule has 174 valence electrons. The Hall–Kier alpha value is -2.71. The summed E-state index contributed by atoms with van der Waals surface area (Å²) in [7, 11) is 0. The van der Waals surface area contributed by atoms with E-state index >= 15 is 0 Å². The molecule has 7 heteroatoms. The van der Waals surface area contributed by atoms with Crippen LogP contribution < -0.4 is 10.6 Å². The third-order valence-corrected chi connectivity index (χ3v) is 6.93. The van der Waals surface area contributed by atoms with Crippen molar-refractivity contribution in [1.29, 1.82) is 0 Å². The summed E-state index contributed by atoms with van der Waals surface area (Å²) >= 11 is 0. The number of furan rings is 1. The SMILES string of the molecule is O=C(N[C@H]1CN2CCC1CC2)c1cc2cccc(-c3cccc(C(O)NCCCO)c3)c2o1. The molecule has 7 nitrogen and oxygen atoms in total. The summed E-state index contributed by atoms with van der Waals surface area (Å²) in [4.78, 5) is 15.4. The number of nitrogens with one attached hydrogen (secondary N) is 2. The standard InChI is InChI=1S/C26H31N3O4/c30-13-3-10-27-25(31)20-6-1-4-18(14-20)21-7-2-5-19-15-23(33-24(19)21)26(32)28-22-16-29-11-8-17(22)9-12-29/h1-2,4-7,14-15,17,22,25,27,30-31H,3,8-13,16H2,(H,28,32)/t22-,25?/m0/s1. The predicted octanol–water partition coefficient (Wildman–Crippen LogP) is 2.89. The highest BCUT2D eigenvalue weighted by Crippen LogP contribution is 2.33. The number of rotatable bonds is 8. The first kappa shape index (κ1) is 22.1. The van der Waals surface area contributed by atoms with E-state index < -0.39 is 6.23 Å². The van der Waals surface area contributed by atoms with Crippen molar-refractivity contribution in [3.63, 3.8) is 0 Å². The molecule has 4 N–H and O–H groups in total. The second kappa shape index (κ2) is 9.65. The second-order valence-corrected chi connectivity index (χ2v) is 9.11. The molecule has 3 aliphatic rings. The smallest absolute Gasteiger partial charge is 0.287 e. The lowest BCUT2D eigenvalue weighted by atomic mass is 9.84. The van der Waals surface area contributed by atoms with Crippen LogP contribution in [0.2, 0.25) is 0 Å². The van der Waals surface area contributed by atoms with E-state index in [2.05, 4.69) is 15.5 Å². The molecular weight excluding hydrogens is 418 g/mol. The van der Waals surface area contributed by atoms with Crippen LogP contribution in [0.4, 0.5) is 0 Å². The Balaban J connectivity index is 1.37. The number of carbonyl (C=O) groups excluding carboxylic acids is 1. The molecule has 3 aromatic rings. The van der Waals surface area contributed by atoms with Gasteiger partial charge in [0.1, 0.15) is 11.8 Å². The largest absolute Gasteiger partial charge is 0.450 e. The van der Waals surface area contributed by atoms with Gasteiger partial charge in [-0.15, -0.1) is 0 Å². The zero-order valence-corrected chi connectivity index (χ0v) is 18.7. The third kappa shape index (κ3) is 4.68. The summed E-state index contributed by atoms with van der Waals surface area (Å²) < 4.78 is 6.09. The highest BCUT2D eigenvalue weighted by molar-refractivity contribution is 6.00. The van der Waals surface area contributed by atoms with Crippen molar-refractivity contribution >= 4 is 16.9 Å². The maximum Gasteiger partial charge on any atom is 0.287 e. The number of amides is 1. The Morgan fingerprint density at radius 3 is 2.73 bits per heavy atom. The van der Waals surface area contributed by atoms with Crippen LogP contribution in [-0.4, -0.2) is 59.8 Å². The molecule has 1 aromatic heterocycles. The van der Waals surface area contributed by atoms with Crippen molar-refractivity contribution in [3.8, 4) is 11.1 Å². The number of hydrogen-bond acceptors (Lipinski definition) is 6. The predicted molar refractivity (Wildman–Crippen MR) is 127 cm³/mol. The zero-order chi connectivity index (χ0) is 22.8. The fourth-order valence-electron chi connectivity index (χ4n) is 5.08. The maximum atomic E-state index is 13.0. The lowest BCUT2D eigenvalue weighted by Crippen LogP contribution is -2.57. The minimum Gasteiger partial charge on any atom is -0.450 e. The summed E-state index contributed by atoms with van der Waals surface area (Å²) in [5.41, 5.74) is 3.17. The number of aliphatic hydroxyl groups excluding tert-OH is 2. The van der Waals surface area contributed by atoms with Crippen LogP contribution in [0.25, 0.3) is 22.1 Å². The van der Waals surface area contributed by atoms with E-state index in [1.165, 1.54) is 0 Å². The average Bonchev–Trinajstić information content (AvgIpc) is 3.30. The highest BCUT2D eigenvalue weighted by Gasteiger charge is 2.35. The van der Waals surface area contributed by atoms with E-state index in [1.54, 1.807) is 0 Å². The highest BCUT2D eigenvalue weighted by atomic mass is 16.3. The molecule has 0 radical (unpaired) electrons. The molecule has 0 spiro atoms. The van der Waals surface area contributed by atoms with E-state index in [0.717, 1.165) is 54.6 Å². The number of para-hydroxylation sites is 1. The quantitative estimate of drug-likeness (QED) is 0.312. The number of aliphatic hydroxyl groups is 2. The van der Waals surface area contributed by atoms with Crippen molar-refractivity contribution in [3.05, 3.63) is 59.9 Å². The summed E-state index contributed by atoms with van der Waals surface area (Å²) in [6.45, 7) is 3.79. The lowest BCUT2D eigenvalue weighted by Gasteiger charge is -2.44. The van der Waals surface area contributed by atoms with Gasteiger partial charge in [-0.05, 0) is 68.1 Å². The summed E-state index contributed by atoms with van der Waals surface area (Å²) in [5.74, 6) is 0.725. The average molecular weight is 450 g/mol. The van der Waals surface area contributed by atoms with Crippen LogP contribution in [0.5, 0.6) is 0 Å². The molecule has 33 heavy (non-hydrogen) atoms. The molecule has 2 atom stereocenters. The first-order valence-corrected chi connectivity index (χ1v) is 11.8. The van der Waals surface area contributed by atoms with Gasteiger partial charge in [0.25, 0.3) is 5.91 Å². The van der Waals surface area contributed by atoms with Crippen LogP contribution in [-0.2, 0) is 0 Å². The minimum absolute atomic E-state index is 0.0792. The molecule has 3 aliphatic heterocycles. The number of nitrogens with zero attached hydrogens (tertiary/aromatic N) is 1. The van der Waals surface area contributed by atoms with Crippen molar-refractivity contribution in [2.75, 3.05) is 32.8 Å². The molecule has 0 saturated carbocycles. The minimum atomic E-state index is -0.824. The Morgan fingerprint density at radius 1 is 1.15 bits per heavy atom. The number of carbonyl (C=O) groups is 1. The van der Waals surface area contributed by atoms with Crippen molar-refractivity contribution in [2.45, 2.75) is 31.5 Å². The molecule has 3 saturated heterocycles. The van der Waals surface area contributed by atoms with Crippen LogP contribution in [0.1, 0.15) is 41.6 Å². The summed E-state index contributed by atoms with van der Waals surface area (Å²) in [6.07, 6.45) is 2.04. The molecule has 2 aromatic carbocycles. The van der Waals surface area contributed by atoms with Crippen LogP contribution in [0.15, 0.2) is 52.9 Å². The van der Waals surface area contributed by atoms with Crippen LogP contribution in [0, 0.1) is 5.92 Å². The Kier molecular flexibility index (Phi) is 6.46. The number of benzene rings is 2. The van der Waals surface area contributed by atoms with Crippen LogP contribution in [0.3, 0.4) is 0 Å². The maximum absolute atomic E-state index is 13.0. The molecule has 0 aliphatic carbocycles. The van der Waals surface area contributed by atoms with E-state index in [9.17, 15) is 9.90 Å². The van der Waals surface area contributed by atoms with Gasteiger partial charge in [-0.1, -0.05) is 36.4 Å². The topological polar surface area (TPSA) is 98.0 Å². The Morgan fingerprint density at radius 2 is 1.97 bits per heavy atom. The van der Waals surface area contributed by atoms with E-state index in [-0.39, 0.29) is 18.6 Å². The lowest BCUT2D eigenvalue weighted by molar-refractivity contribution is 0.0607. The molecule has 6 rings (SSSR count). The first-order valence-electron chi connectivity index (χ1n) is 11.8. The fourth-order valence-corrected chi connectivity index (χ4v) is 5.08. The van der Waals surface area contributed by atoms with Gasteiger partial charge in [-0.3, -0.25) is 10.1 Å². The van der Waals surface area contributed by atoms with Gasteiger partial charge >= 0.3 is 0 Å². The van der Waals surface area contributed by atoms with Gasteiger partial charge in [0, 0.05) is 30.1 Å². The van der Waals surface area contributed by atoms with Gasteiger partial charge in [0.05, 0.1) is 0 Å². The number of piperidine rings is 3. The van der Waals surface area contributed by atoms with Gasteiger partial charge in [0.2, 0.25) is 0 Å². The zero-order valence-electron chi connectivity index (χ0n) is 18.7. The summed E-state index contributed by atoms with van der Waals surface area (Å²) in [5, 5.41) is 26.5. The normalized spacial score (nSPS) is 23.0. The summed E-state index contributed by atoms with van der Waals surface area (Å²) in [6, 6.07) is 15.5. The molecule has 2 bridgehead atoms. The molecule has 1 unspecified atom stereocenters. The van der Waals surface area contributed by atoms with E-state index in [1.807, 2.05) is 48.5 Å². The van der Waals surface area contributed by atoms with Crippen molar-refractivity contribution in [2.24, 2.45) is 5.92 Å². The molecular formula is C26H31N3O4. The van der Waals surface area contributed by atoms with E-state index in [0.29, 0.717) is 30.2 Å². The van der Waals surface area contributed by atoms with Gasteiger partial charge in [-0.25, -0.2) is 0 Å². The Bertz CT molecular complexity index is 1120. The number of hydrogen-bond donors (Lipinski definition) is 4. The molecule has 1 amide bonds. The second-order valence-electron chi connectivity index (χ2n) is 9.11. The van der Waals surface area contributed by atoms with Gasteiger partial charge in [0.15, 0.2) is 5.76 Å². The van der Waals surface area contributed by atoms with Gasteiger partial charge in [-0.2, -0.15) is 0 Å². The molecule has 3 fully saturated rings.